The number of nitrogens with zero attached hydrogens (tertiary/aromatic N) is 2. The third kappa shape index (κ3) is 5.81. The van der Waals surface area contributed by atoms with Gasteiger partial charge in [0.1, 0.15) is 5.75 Å². The summed E-state index contributed by atoms with van der Waals surface area (Å²) in [6.45, 7) is 4.46. The number of methoxy groups -OCH3 is 1. The first kappa shape index (κ1) is 21.3. The van der Waals surface area contributed by atoms with Crippen LogP contribution in [0.3, 0.4) is 0 Å². The van der Waals surface area contributed by atoms with Gasteiger partial charge in [0.2, 0.25) is 11.8 Å². The van der Waals surface area contributed by atoms with Crippen LogP contribution in [0.15, 0.2) is 48.5 Å². The minimum absolute atomic E-state index is 0.0650. The van der Waals surface area contributed by atoms with Crippen LogP contribution in [-0.2, 0) is 9.59 Å². The fraction of sp³-hybridized carbons (Fsp3) is 0.318. The molecule has 2 aromatic rings. The predicted octanol–water partition coefficient (Wildman–Crippen LogP) is 2.05. The molecule has 8 heteroatoms. The van der Waals surface area contributed by atoms with Gasteiger partial charge in [-0.15, -0.1) is 0 Å². The molecule has 0 radical (unpaired) electrons. The maximum Gasteiger partial charge on any atom is 0.255 e. The normalized spacial score (nSPS) is 14.1. The van der Waals surface area contributed by atoms with E-state index in [4.69, 9.17) is 4.74 Å². The number of rotatable bonds is 6. The molecule has 3 rings (SSSR count). The molecular formula is C22H26N4O4. The van der Waals surface area contributed by atoms with Crippen LogP contribution in [0.25, 0.3) is 0 Å². The second-order valence-electron chi connectivity index (χ2n) is 7.09. The fourth-order valence-electron chi connectivity index (χ4n) is 3.21. The number of amides is 3. The van der Waals surface area contributed by atoms with E-state index in [2.05, 4.69) is 10.6 Å². The standard InChI is InChI=1S/C22H26N4O4/c1-16(27)26-13-11-25(12-14-26)15-21(28)23-18-5-3-17(4-6-18)22(29)24-19-7-9-20(30-2)10-8-19/h3-10H,11-15H2,1-2H3,(H,23,28)(H,24,29). The lowest BCUT2D eigenvalue weighted by atomic mass is 10.2. The third-order valence-corrected chi connectivity index (χ3v) is 4.96. The molecule has 1 aliphatic heterocycles. The van der Waals surface area contributed by atoms with Gasteiger partial charge in [-0.25, -0.2) is 0 Å². The maximum absolute atomic E-state index is 12.4. The van der Waals surface area contributed by atoms with E-state index < -0.39 is 0 Å². The van der Waals surface area contributed by atoms with E-state index >= 15 is 0 Å². The van der Waals surface area contributed by atoms with Crippen molar-refractivity contribution in [2.75, 3.05) is 50.5 Å². The van der Waals surface area contributed by atoms with E-state index in [1.807, 2.05) is 4.90 Å². The third-order valence-electron chi connectivity index (χ3n) is 4.96. The number of hydrogen-bond acceptors (Lipinski definition) is 5. The van der Waals surface area contributed by atoms with Gasteiger partial charge in [-0.1, -0.05) is 0 Å². The van der Waals surface area contributed by atoms with Crippen LogP contribution in [-0.4, -0.2) is 67.4 Å². The summed E-state index contributed by atoms with van der Waals surface area (Å²) in [4.78, 5) is 39.8. The number of carbonyl (C=O) groups excluding carboxylic acids is 3. The fourth-order valence-corrected chi connectivity index (χ4v) is 3.21. The molecule has 158 valence electrons. The van der Waals surface area contributed by atoms with Gasteiger partial charge >= 0.3 is 0 Å². The van der Waals surface area contributed by atoms with Crippen LogP contribution in [0, 0.1) is 0 Å². The van der Waals surface area contributed by atoms with Crippen molar-refractivity contribution in [2.24, 2.45) is 0 Å². The quantitative estimate of drug-likeness (QED) is 0.761. The SMILES string of the molecule is COc1ccc(NC(=O)c2ccc(NC(=O)CN3CCN(C(C)=O)CC3)cc2)cc1. The highest BCUT2D eigenvalue weighted by molar-refractivity contribution is 6.04. The topological polar surface area (TPSA) is 91.0 Å². The molecule has 0 aromatic heterocycles. The number of carbonyl (C=O) groups is 3. The van der Waals surface area contributed by atoms with Gasteiger partial charge in [0.15, 0.2) is 0 Å². The molecule has 0 spiro atoms. The van der Waals surface area contributed by atoms with Crippen molar-refractivity contribution >= 4 is 29.1 Å². The van der Waals surface area contributed by atoms with E-state index in [9.17, 15) is 14.4 Å². The first-order chi connectivity index (χ1) is 14.4. The van der Waals surface area contributed by atoms with Crippen LogP contribution in [0.5, 0.6) is 5.75 Å². The smallest absolute Gasteiger partial charge is 0.255 e. The van der Waals surface area contributed by atoms with Crippen LogP contribution in [0.4, 0.5) is 11.4 Å². The summed E-state index contributed by atoms with van der Waals surface area (Å²) in [6, 6.07) is 13.8. The molecule has 1 fully saturated rings. The van der Waals surface area contributed by atoms with Gasteiger partial charge in [-0.05, 0) is 48.5 Å². The van der Waals surface area contributed by atoms with E-state index in [1.54, 1.807) is 67.5 Å². The van der Waals surface area contributed by atoms with Crippen LogP contribution in [0.1, 0.15) is 17.3 Å². The van der Waals surface area contributed by atoms with Crippen LogP contribution >= 0.6 is 0 Å². The molecule has 0 saturated carbocycles. The van der Waals surface area contributed by atoms with Crippen LogP contribution < -0.4 is 15.4 Å². The summed E-state index contributed by atoms with van der Waals surface area (Å²) in [7, 11) is 1.59. The van der Waals surface area contributed by atoms with Gasteiger partial charge < -0.3 is 20.3 Å². The number of anilines is 2. The number of benzene rings is 2. The molecular weight excluding hydrogens is 384 g/mol. The molecule has 0 aliphatic carbocycles. The summed E-state index contributed by atoms with van der Waals surface area (Å²) in [6.07, 6.45) is 0. The Kier molecular flexibility index (Phi) is 7.03. The average Bonchev–Trinajstić information content (AvgIpc) is 2.75. The first-order valence-electron chi connectivity index (χ1n) is 9.78. The summed E-state index contributed by atoms with van der Waals surface area (Å²) in [5.74, 6) is 0.423. The Hall–Kier alpha value is -3.39. The van der Waals surface area contributed by atoms with E-state index in [0.717, 1.165) is 0 Å². The van der Waals surface area contributed by atoms with Crippen molar-refractivity contribution in [3.8, 4) is 5.75 Å². The van der Waals surface area contributed by atoms with Crippen molar-refractivity contribution in [1.82, 2.24) is 9.80 Å². The Labute approximate surface area is 175 Å². The Bertz CT molecular complexity index is 888. The average molecular weight is 410 g/mol. The number of nitrogens with one attached hydrogen (secondary N) is 2. The lowest BCUT2D eigenvalue weighted by Crippen LogP contribution is -2.49. The molecule has 8 nitrogen and oxygen atoms in total. The Morgan fingerprint density at radius 3 is 2.00 bits per heavy atom. The van der Waals surface area contributed by atoms with Crippen molar-refractivity contribution in [3.63, 3.8) is 0 Å². The molecule has 30 heavy (non-hydrogen) atoms. The Morgan fingerprint density at radius 2 is 1.43 bits per heavy atom. The van der Waals surface area contributed by atoms with E-state index in [1.165, 1.54) is 0 Å². The minimum atomic E-state index is -0.235. The van der Waals surface area contributed by atoms with Gasteiger partial charge in [-0.3, -0.25) is 19.3 Å². The zero-order chi connectivity index (χ0) is 21.5. The number of piperazine rings is 1. The molecule has 2 N–H and O–H groups in total. The van der Waals surface area contributed by atoms with Gasteiger partial charge in [0.05, 0.1) is 13.7 Å². The molecule has 3 amide bonds. The molecule has 0 bridgehead atoms. The molecule has 0 atom stereocenters. The van der Waals surface area contributed by atoms with Gasteiger partial charge in [0, 0.05) is 50.0 Å². The highest BCUT2D eigenvalue weighted by Crippen LogP contribution is 2.17. The van der Waals surface area contributed by atoms with Crippen molar-refractivity contribution in [1.29, 1.82) is 0 Å². The van der Waals surface area contributed by atoms with E-state index in [0.29, 0.717) is 48.9 Å². The zero-order valence-corrected chi connectivity index (χ0v) is 17.2. The second kappa shape index (κ2) is 9.89. The molecule has 1 heterocycles. The van der Waals surface area contributed by atoms with Crippen molar-refractivity contribution in [2.45, 2.75) is 6.92 Å². The lowest BCUT2D eigenvalue weighted by Gasteiger charge is -2.33. The van der Waals surface area contributed by atoms with Gasteiger partial charge in [-0.2, -0.15) is 0 Å². The largest absolute Gasteiger partial charge is 0.497 e. The van der Waals surface area contributed by atoms with Crippen LogP contribution in [0.2, 0.25) is 0 Å². The second-order valence-corrected chi connectivity index (χ2v) is 7.09. The monoisotopic (exact) mass is 410 g/mol. The highest BCUT2D eigenvalue weighted by Gasteiger charge is 2.20. The van der Waals surface area contributed by atoms with Gasteiger partial charge in [0.25, 0.3) is 5.91 Å². The number of ether oxygens (including phenoxy) is 1. The maximum atomic E-state index is 12.4. The minimum Gasteiger partial charge on any atom is -0.497 e. The summed E-state index contributed by atoms with van der Waals surface area (Å²) in [5, 5.41) is 5.66. The van der Waals surface area contributed by atoms with Crippen molar-refractivity contribution < 1.29 is 19.1 Å². The summed E-state index contributed by atoms with van der Waals surface area (Å²) < 4.78 is 5.10. The Morgan fingerprint density at radius 1 is 0.867 bits per heavy atom. The lowest BCUT2D eigenvalue weighted by molar-refractivity contribution is -0.130. The number of hydrogen-bond donors (Lipinski definition) is 2. The highest BCUT2D eigenvalue weighted by atomic mass is 16.5. The molecule has 1 aliphatic rings. The summed E-state index contributed by atoms with van der Waals surface area (Å²) >= 11 is 0. The molecule has 0 unspecified atom stereocenters. The predicted molar refractivity (Wildman–Crippen MR) is 115 cm³/mol. The van der Waals surface area contributed by atoms with E-state index in [-0.39, 0.29) is 24.3 Å². The Balaban J connectivity index is 1.48. The van der Waals surface area contributed by atoms with Crippen molar-refractivity contribution in [3.05, 3.63) is 54.1 Å². The molecule has 1 saturated heterocycles. The molecule has 2 aromatic carbocycles. The summed E-state index contributed by atoms with van der Waals surface area (Å²) in [5.41, 5.74) is 1.79. The zero-order valence-electron chi connectivity index (χ0n) is 17.2. The first-order valence-corrected chi connectivity index (χ1v) is 9.78.